The number of rotatable bonds is 6. The Morgan fingerprint density at radius 1 is 1.36 bits per heavy atom. The molecule has 0 N–H and O–H groups in total. The molecule has 0 bridgehead atoms. The topological polar surface area (TPSA) is 72.7 Å². The van der Waals surface area contributed by atoms with Gasteiger partial charge in [0.1, 0.15) is 5.82 Å². The number of nitrogens with zero attached hydrogens (tertiary/aromatic N) is 2. The second-order valence-corrected chi connectivity index (χ2v) is 7.60. The Morgan fingerprint density at radius 2 is 2.14 bits per heavy atom. The van der Waals surface area contributed by atoms with Crippen LogP contribution in [0.2, 0.25) is 0 Å². The second-order valence-electron chi connectivity index (χ2n) is 6.61. The zero-order chi connectivity index (χ0) is 20.3. The molecule has 1 atom stereocenters. The molecule has 28 heavy (non-hydrogen) atoms. The summed E-state index contributed by atoms with van der Waals surface area (Å²) in [6.07, 6.45) is 0.709. The first kappa shape index (κ1) is 20.1. The summed E-state index contributed by atoms with van der Waals surface area (Å²) >= 11 is 1.40. The number of ether oxygens (including phenoxy) is 1. The molecule has 1 unspecified atom stereocenters. The normalized spacial score (nSPS) is 15.8. The highest BCUT2D eigenvalue weighted by Crippen LogP contribution is 2.31. The molecule has 2 aromatic carbocycles. The molecule has 0 saturated carbocycles. The average molecular weight is 404 g/mol. The van der Waals surface area contributed by atoms with Crippen molar-refractivity contribution in [2.24, 2.45) is 0 Å². The number of nitro groups is 1. The molecule has 3 rings (SSSR count). The standard InChI is InChI=1S/C20H21FN2O4S/c1-13-17-10-16(21)5-4-15(17)7-8-22(13)20(24)12-28-11-14-3-6-19(27-2)18(9-14)23(25)26/h3-6,9-10,13H,7-8,11-12H2,1-2H3. The van der Waals surface area contributed by atoms with Gasteiger partial charge in [-0.1, -0.05) is 12.1 Å². The van der Waals surface area contributed by atoms with Crippen LogP contribution < -0.4 is 4.74 Å². The number of carbonyl (C=O) groups is 1. The average Bonchev–Trinajstić information content (AvgIpc) is 2.68. The van der Waals surface area contributed by atoms with Crippen molar-refractivity contribution in [3.8, 4) is 5.75 Å². The molecule has 1 aliphatic heterocycles. The Hall–Kier alpha value is -2.61. The maximum absolute atomic E-state index is 13.6. The van der Waals surface area contributed by atoms with Crippen molar-refractivity contribution in [3.05, 3.63) is 69.0 Å². The van der Waals surface area contributed by atoms with Gasteiger partial charge in [-0.25, -0.2) is 4.39 Å². The lowest BCUT2D eigenvalue weighted by atomic mass is 9.93. The van der Waals surface area contributed by atoms with E-state index in [-0.39, 0.29) is 35.0 Å². The molecule has 0 spiro atoms. The molecule has 1 aliphatic rings. The molecule has 1 amide bonds. The van der Waals surface area contributed by atoms with Gasteiger partial charge in [0.25, 0.3) is 0 Å². The van der Waals surface area contributed by atoms with Crippen LogP contribution in [0, 0.1) is 15.9 Å². The molecule has 1 heterocycles. The Balaban J connectivity index is 1.61. The van der Waals surface area contributed by atoms with Gasteiger partial charge in [0.2, 0.25) is 5.91 Å². The molecule has 0 radical (unpaired) electrons. The molecule has 0 fully saturated rings. The quantitative estimate of drug-likeness (QED) is 0.535. The summed E-state index contributed by atoms with van der Waals surface area (Å²) in [5.41, 5.74) is 2.60. The van der Waals surface area contributed by atoms with Gasteiger partial charge in [-0.2, -0.15) is 0 Å². The minimum absolute atomic E-state index is 0.0181. The number of benzene rings is 2. The largest absolute Gasteiger partial charge is 0.490 e. The second kappa shape index (κ2) is 8.60. The van der Waals surface area contributed by atoms with Crippen molar-refractivity contribution in [1.29, 1.82) is 0 Å². The van der Waals surface area contributed by atoms with Crippen LogP contribution in [0.4, 0.5) is 10.1 Å². The molecule has 6 nitrogen and oxygen atoms in total. The maximum atomic E-state index is 13.6. The summed E-state index contributed by atoms with van der Waals surface area (Å²) in [4.78, 5) is 25.1. The minimum Gasteiger partial charge on any atom is -0.490 e. The van der Waals surface area contributed by atoms with Gasteiger partial charge in [-0.3, -0.25) is 14.9 Å². The van der Waals surface area contributed by atoms with Gasteiger partial charge in [-0.05, 0) is 48.2 Å². The van der Waals surface area contributed by atoms with Crippen molar-refractivity contribution in [2.75, 3.05) is 19.4 Å². The lowest BCUT2D eigenvalue weighted by molar-refractivity contribution is -0.385. The smallest absolute Gasteiger partial charge is 0.311 e. The number of carbonyl (C=O) groups excluding carboxylic acids is 1. The SMILES string of the molecule is COc1ccc(CSCC(=O)N2CCc3ccc(F)cc3C2C)cc1[N+](=O)[O-]. The van der Waals surface area contributed by atoms with Crippen LogP contribution in [0.1, 0.15) is 29.7 Å². The summed E-state index contributed by atoms with van der Waals surface area (Å²) in [5.74, 6) is 0.632. The lowest BCUT2D eigenvalue weighted by Crippen LogP contribution is -2.39. The van der Waals surface area contributed by atoms with E-state index in [1.165, 1.54) is 37.1 Å². The van der Waals surface area contributed by atoms with E-state index < -0.39 is 4.92 Å². The third-order valence-electron chi connectivity index (χ3n) is 4.90. The van der Waals surface area contributed by atoms with E-state index in [4.69, 9.17) is 4.74 Å². The van der Waals surface area contributed by atoms with E-state index >= 15 is 0 Å². The number of hydrogen-bond donors (Lipinski definition) is 0. The van der Waals surface area contributed by atoms with E-state index in [9.17, 15) is 19.3 Å². The number of halogens is 1. The van der Waals surface area contributed by atoms with E-state index in [2.05, 4.69) is 0 Å². The minimum atomic E-state index is -0.482. The van der Waals surface area contributed by atoms with Crippen LogP contribution in [-0.4, -0.2) is 35.1 Å². The third kappa shape index (κ3) is 4.27. The predicted octanol–water partition coefficient (Wildman–Crippen LogP) is 4.12. The Labute approximate surface area is 166 Å². The van der Waals surface area contributed by atoms with Crippen LogP contribution in [0.25, 0.3) is 0 Å². The summed E-state index contributed by atoms with van der Waals surface area (Å²) in [6.45, 7) is 2.51. The van der Waals surface area contributed by atoms with Crippen LogP contribution in [0.15, 0.2) is 36.4 Å². The molecule has 0 aromatic heterocycles. The Bertz CT molecular complexity index is 906. The first-order valence-electron chi connectivity index (χ1n) is 8.87. The van der Waals surface area contributed by atoms with Gasteiger partial charge in [-0.15, -0.1) is 11.8 Å². The van der Waals surface area contributed by atoms with Crippen LogP contribution >= 0.6 is 11.8 Å². The van der Waals surface area contributed by atoms with Crippen LogP contribution in [-0.2, 0) is 17.0 Å². The predicted molar refractivity (Wildman–Crippen MR) is 106 cm³/mol. The van der Waals surface area contributed by atoms with Crippen LogP contribution in [0.5, 0.6) is 5.75 Å². The van der Waals surface area contributed by atoms with E-state index in [1.54, 1.807) is 23.1 Å². The summed E-state index contributed by atoms with van der Waals surface area (Å²) in [5, 5.41) is 11.1. The Kier molecular flexibility index (Phi) is 6.18. The van der Waals surface area contributed by atoms with Crippen molar-refractivity contribution in [3.63, 3.8) is 0 Å². The summed E-state index contributed by atoms with van der Waals surface area (Å²) < 4.78 is 18.6. The zero-order valence-electron chi connectivity index (χ0n) is 15.7. The fourth-order valence-corrected chi connectivity index (χ4v) is 4.29. The summed E-state index contributed by atoms with van der Waals surface area (Å²) in [6, 6.07) is 9.36. The monoisotopic (exact) mass is 404 g/mol. The van der Waals surface area contributed by atoms with Crippen molar-refractivity contribution in [1.82, 2.24) is 4.90 Å². The number of nitro benzene ring substituents is 1. The van der Waals surface area contributed by atoms with E-state index in [0.717, 1.165) is 16.7 Å². The molecule has 0 aliphatic carbocycles. The van der Waals surface area contributed by atoms with Gasteiger partial charge >= 0.3 is 5.69 Å². The highest BCUT2D eigenvalue weighted by Gasteiger charge is 2.27. The number of amides is 1. The van der Waals surface area contributed by atoms with Gasteiger partial charge in [0.05, 0.1) is 23.8 Å². The number of thioether (sulfide) groups is 1. The highest BCUT2D eigenvalue weighted by atomic mass is 32.2. The molecule has 8 heteroatoms. The third-order valence-corrected chi connectivity index (χ3v) is 5.89. The number of fused-ring (bicyclic) bond motifs is 1. The van der Waals surface area contributed by atoms with Gasteiger partial charge in [0.15, 0.2) is 5.75 Å². The molecular weight excluding hydrogens is 383 g/mol. The Morgan fingerprint density at radius 3 is 2.86 bits per heavy atom. The fraction of sp³-hybridized carbons (Fsp3) is 0.350. The van der Waals surface area contributed by atoms with Crippen molar-refractivity contribution in [2.45, 2.75) is 25.1 Å². The molecular formula is C20H21FN2O4S. The first-order valence-corrected chi connectivity index (χ1v) is 10.0. The van der Waals surface area contributed by atoms with Crippen LogP contribution in [0.3, 0.4) is 0 Å². The summed E-state index contributed by atoms with van der Waals surface area (Å²) in [7, 11) is 1.39. The van der Waals surface area contributed by atoms with Crippen molar-refractivity contribution < 1.29 is 18.8 Å². The number of hydrogen-bond acceptors (Lipinski definition) is 5. The van der Waals surface area contributed by atoms with E-state index in [0.29, 0.717) is 18.7 Å². The first-order chi connectivity index (χ1) is 13.4. The molecule has 0 saturated heterocycles. The lowest BCUT2D eigenvalue weighted by Gasteiger charge is -2.35. The molecule has 2 aromatic rings. The molecule has 148 valence electrons. The number of methoxy groups -OCH3 is 1. The van der Waals surface area contributed by atoms with E-state index in [1.807, 2.05) is 6.92 Å². The van der Waals surface area contributed by atoms with Crippen molar-refractivity contribution >= 4 is 23.4 Å². The maximum Gasteiger partial charge on any atom is 0.311 e. The fourth-order valence-electron chi connectivity index (χ4n) is 3.43. The van der Waals surface area contributed by atoms with Gasteiger partial charge in [0, 0.05) is 18.4 Å². The van der Waals surface area contributed by atoms with Gasteiger partial charge < -0.3 is 9.64 Å². The zero-order valence-corrected chi connectivity index (χ0v) is 16.5. The highest BCUT2D eigenvalue weighted by molar-refractivity contribution is 7.99.